The molecule has 1 aliphatic rings. The van der Waals surface area contributed by atoms with Crippen LogP contribution in [0.15, 0.2) is 30.3 Å². The molecule has 2 aromatic rings. The number of nitrogens with zero attached hydrogens (tertiary/aromatic N) is 3. The molecule has 6 heteroatoms. The van der Waals surface area contributed by atoms with E-state index in [9.17, 15) is 4.79 Å². The molecular formula is C17H21N3O2S. The van der Waals surface area contributed by atoms with Crippen molar-refractivity contribution < 1.29 is 9.53 Å². The minimum absolute atomic E-state index is 0.0534. The van der Waals surface area contributed by atoms with Crippen LogP contribution in [0, 0.1) is 0 Å². The number of aromatic nitrogens is 1. The summed E-state index contributed by atoms with van der Waals surface area (Å²) in [7, 11) is 3.50. The highest BCUT2D eigenvalue weighted by atomic mass is 32.1. The number of anilines is 2. The van der Waals surface area contributed by atoms with Crippen LogP contribution in [0.2, 0.25) is 0 Å². The number of hydrogen-bond acceptors (Lipinski definition) is 5. The van der Waals surface area contributed by atoms with Crippen molar-refractivity contribution in [3.63, 3.8) is 0 Å². The van der Waals surface area contributed by atoms with E-state index in [4.69, 9.17) is 4.74 Å². The minimum atomic E-state index is -0.0534. The van der Waals surface area contributed by atoms with Crippen molar-refractivity contribution in [1.82, 2.24) is 4.98 Å². The number of carbonyl (C=O) groups excluding carboxylic acids is 1. The second kappa shape index (κ2) is 7.10. The number of fused-ring (bicyclic) bond motifs is 1. The lowest BCUT2D eigenvalue weighted by molar-refractivity contribution is 0.0992. The molecule has 122 valence electrons. The molecule has 0 N–H and O–H groups in total. The second-order valence-electron chi connectivity index (χ2n) is 5.55. The zero-order valence-corrected chi connectivity index (χ0v) is 14.3. The first-order chi connectivity index (χ1) is 11.2. The Labute approximate surface area is 140 Å². The van der Waals surface area contributed by atoms with Gasteiger partial charge in [0.2, 0.25) is 0 Å². The van der Waals surface area contributed by atoms with E-state index in [1.54, 1.807) is 19.1 Å². The number of benzene rings is 1. The Balaban J connectivity index is 1.81. The van der Waals surface area contributed by atoms with Crippen LogP contribution in [0.5, 0.6) is 0 Å². The Morgan fingerprint density at radius 2 is 2.17 bits per heavy atom. The van der Waals surface area contributed by atoms with Gasteiger partial charge in [0.05, 0.1) is 6.61 Å². The molecule has 0 saturated heterocycles. The lowest BCUT2D eigenvalue weighted by Crippen LogP contribution is -2.32. The van der Waals surface area contributed by atoms with Gasteiger partial charge in [-0.1, -0.05) is 18.2 Å². The average molecular weight is 331 g/mol. The maximum Gasteiger partial charge on any atom is 0.287 e. The van der Waals surface area contributed by atoms with Crippen LogP contribution in [0.25, 0.3) is 0 Å². The first-order valence-electron chi connectivity index (χ1n) is 7.77. The second-order valence-corrected chi connectivity index (χ2v) is 6.63. The van der Waals surface area contributed by atoms with E-state index in [2.05, 4.69) is 9.88 Å². The molecule has 0 unspecified atom stereocenters. The van der Waals surface area contributed by atoms with E-state index in [1.165, 1.54) is 16.2 Å². The predicted molar refractivity (Wildman–Crippen MR) is 93.7 cm³/mol. The molecule has 1 amide bonds. The van der Waals surface area contributed by atoms with Gasteiger partial charge in [-0.3, -0.25) is 4.79 Å². The standard InChI is InChI=1S/C17H21N3O2S/c1-19(13-7-4-3-5-8-13)17(21)16-18-15-14(23-16)9-6-10-20(15)11-12-22-2/h3-5,7-8H,6,9-12H2,1-2H3. The van der Waals surface area contributed by atoms with Gasteiger partial charge >= 0.3 is 0 Å². The molecule has 2 heterocycles. The van der Waals surface area contributed by atoms with Crippen molar-refractivity contribution >= 4 is 28.7 Å². The summed E-state index contributed by atoms with van der Waals surface area (Å²) in [5.74, 6) is 0.908. The van der Waals surface area contributed by atoms with Crippen molar-refractivity contribution in [2.75, 3.05) is 43.7 Å². The van der Waals surface area contributed by atoms with Crippen molar-refractivity contribution in [3.8, 4) is 0 Å². The fourth-order valence-corrected chi connectivity index (χ4v) is 3.82. The van der Waals surface area contributed by atoms with Gasteiger partial charge < -0.3 is 14.5 Å². The molecule has 5 nitrogen and oxygen atoms in total. The SMILES string of the molecule is COCCN1CCCc2sc(C(=O)N(C)c3ccccc3)nc21. The molecule has 0 bridgehead atoms. The molecule has 0 spiro atoms. The fourth-order valence-electron chi connectivity index (χ4n) is 2.71. The monoisotopic (exact) mass is 331 g/mol. The number of rotatable bonds is 5. The average Bonchev–Trinajstić information content (AvgIpc) is 3.04. The van der Waals surface area contributed by atoms with Gasteiger partial charge in [-0.05, 0) is 25.0 Å². The molecule has 0 fully saturated rings. The van der Waals surface area contributed by atoms with Crippen molar-refractivity contribution in [2.45, 2.75) is 12.8 Å². The first kappa shape index (κ1) is 16.0. The Kier molecular flexibility index (Phi) is 4.93. The lowest BCUT2D eigenvalue weighted by atomic mass is 10.2. The number of methoxy groups -OCH3 is 1. The summed E-state index contributed by atoms with van der Waals surface area (Å²) >= 11 is 1.52. The highest BCUT2D eigenvalue weighted by Crippen LogP contribution is 2.32. The smallest absolute Gasteiger partial charge is 0.287 e. The van der Waals surface area contributed by atoms with Gasteiger partial charge in [-0.15, -0.1) is 11.3 Å². The lowest BCUT2D eigenvalue weighted by Gasteiger charge is -2.26. The number of para-hydroxylation sites is 1. The summed E-state index contributed by atoms with van der Waals surface area (Å²) in [5.41, 5.74) is 0.877. The van der Waals surface area contributed by atoms with Crippen molar-refractivity contribution in [2.24, 2.45) is 0 Å². The van der Waals surface area contributed by atoms with Gasteiger partial charge in [0.25, 0.3) is 5.91 Å². The van der Waals surface area contributed by atoms with Gasteiger partial charge in [-0.2, -0.15) is 0 Å². The molecule has 1 aromatic carbocycles. The summed E-state index contributed by atoms with van der Waals surface area (Å²) in [6.07, 6.45) is 2.10. The normalized spacial score (nSPS) is 13.7. The van der Waals surface area contributed by atoms with Crippen LogP contribution >= 0.6 is 11.3 Å². The topological polar surface area (TPSA) is 45.7 Å². The van der Waals surface area contributed by atoms with Crippen LogP contribution in [-0.4, -0.2) is 44.7 Å². The Bertz CT molecular complexity index is 672. The minimum Gasteiger partial charge on any atom is -0.383 e. The van der Waals surface area contributed by atoms with Crippen LogP contribution in [0.3, 0.4) is 0 Å². The maximum atomic E-state index is 12.7. The summed E-state index contributed by atoms with van der Waals surface area (Å²) < 4.78 is 5.17. The van der Waals surface area contributed by atoms with E-state index >= 15 is 0 Å². The van der Waals surface area contributed by atoms with Crippen molar-refractivity contribution in [3.05, 3.63) is 40.2 Å². The summed E-state index contributed by atoms with van der Waals surface area (Å²) in [6.45, 7) is 2.46. The van der Waals surface area contributed by atoms with Gasteiger partial charge in [-0.25, -0.2) is 4.98 Å². The van der Waals surface area contributed by atoms with E-state index in [0.717, 1.165) is 37.4 Å². The number of thiazole rings is 1. The molecule has 0 aliphatic carbocycles. The molecule has 1 aliphatic heterocycles. The fraction of sp³-hybridized carbons (Fsp3) is 0.412. The third-order valence-corrected chi connectivity index (χ3v) is 5.10. The molecule has 23 heavy (non-hydrogen) atoms. The van der Waals surface area contributed by atoms with E-state index in [0.29, 0.717) is 11.6 Å². The third kappa shape index (κ3) is 3.38. The zero-order chi connectivity index (χ0) is 16.2. The predicted octanol–water partition coefficient (Wildman–Crippen LogP) is 2.82. The Morgan fingerprint density at radius 1 is 1.39 bits per heavy atom. The largest absolute Gasteiger partial charge is 0.383 e. The number of carbonyl (C=O) groups is 1. The van der Waals surface area contributed by atoms with Gasteiger partial charge in [0, 0.05) is 37.8 Å². The van der Waals surface area contributed by atoms with Crippen LogP contribution < -0.4 is 9.80 Å². The highest BCUT2D eigenvalue weighted by Gasteiger charge is 2.25. The molecule has 1 aromatic heterocycles. The Hall–Kier alpha value is -1.92. The number of ether oxygens (including phenoxy) is 1. The molecule has 0 radical (unpaired) electrons. The van der Waals surface area contributed by atoms with Crippen molar-refractivity contribution in [1.29, 1.82) is 0 Å². The third-order valence-electron chi connectivity index (χ3n) is 4.00. The van der Waals surface area contributed by atoms with Crippen LogP contribution in [0.4, 0.5) is 11.5 Å². The molecule has 0 atom stereocenters. The Morgan fingerprint density at radius 3 is 2.91 bits per heavy atom. The van der Waals surface area contributed by atoms with E-state index < -0.39 is 0 Å². The summed E-state index contributed by atoms with van der Waals surface area (Å²) in [4.78, 5) is 22.4. The van der Waals surface area contributed by atoms with E-state index in [1.807, 2.05) is 30.3 Å². The quantitative estimate of drug-likeness (QED) is 0.845. The summed E-state index contributed by atoms with van der Waals surface area (Å²) in [6, 6.07) is 9.65. The molecule has 3 rings (SSSR count). The number of aryl methyl sites for hydroxylation is 1. The maximum absolute atomic E-state index is 12.7. The van der Waals surface area contributed by atoms with Gasteiger partial charge in [0.1, 0.15) is 5.82 Å². The molecule has 0 saturated carbocycles. The summed E-state index contributed by atoms with van der Waals surface area (Å²) in [5, 5.41) is 0.561. The molecular weight excluding hydrogens is 310 g/mol. The van der Waals surface area contributed by atoms with Crippen LogP contribution in [0.1, 0.15) is 21.1 Å². The van der Waals surface area contributed by atoms with E-state index in [-0.39, 0.29) is 5.91 Å². The first-order valence-corrected chi connectivity index (χ1v) is 8.59. The highest BCUT2D eigenvalue weighted by molar-refractivity contribution is 7.14. The van der Waals surface area contributed by atoms with Crippen LogP contribution in [-0.2, 0) is 11.2 Å². The number of hydrogen-bond donors (Lipinski definition) is 0. The van der Waals surface area contributed by atoms with Gasteiger partial charge in [0.15, 0.2) is 5.01 Å². The number of amides is 1. The zero-order valence-electron chi connectivity index (χ0n) is 13.5.